The average Bonchev–Trinajstić information content (AvgIpc) is 3.33. The molecule has 1 N–H and O–H groups in total. The van der Waals surface area contributed by atoms with Crippen LogP contribution in [0.5, 0.6) is 0 Å². The molecule has 7 heteroatoms. The lowest BCUT2D eigenvalue weighted by Crippen LogP contribution is -2.31. The largest absolute Gasteiger partial charge is 0.398 e. The van der Waals surface area contributed by atoms with Crippen molar-refractivity contribution in [2.45, 2.75) is 37.7 Å². The lowest BCUT2D eigenvalue weighted by atomic mass is 9.79. The predicted octanol–water partition coefficient (Wildman–Crippen LogP) is 4.98. The second-order valence-corrected chi connectivity index (χ2v) is 9.45. The van der Waals surface area contributed by atoms with Gasteiger partial charge in [0, 0.05) is 24.9 Å². The molecule has 1 aliphatic carbocycles. The molecule has 0 saturated carbocycles. The highest BCUT2D eigenvalue weighted by Gasteiger charge is 2.34. The van der Waals surface area contributed by atoms with Crippen molar-refractivity contribution >= 4 is 28.7 Å². The Balaban J connectivity index is 1.32. The number of nitrogens with one attached hydrogen (secondary N) is 1. The van der Waals surface area contributed by atoms with Crippen LogP contribution in [-0.2, 0) is 27.3 Å². The minimum Gasteiger partial charge on any atom is -0.398 e. The summed E-state index contributed by atoms with van der Waals surface area (Å²) >= 11 is 1.43. The van der Waals surface area contributed by atoms with Crippen molar-refractivity contribution in [2.75, 3.05) is 14.2 Å². The number of hydrogen-bond acceptors (Lipinski definition) is 6. The number of rotatable bonds is 7. The quantitative estimate of drug-likeness (QED) is 0.388. The van der Waals surface area contributed by atoms with Crippen LogP contribution in [0, 0.1) is 0 Å². The maximum Gasteiger partial charge on any atom is 0.274 e. The molecular weight excluding hydrogens is 446 g/mol. The molecule has 0 bridgehead atoms. The molecule has 0 saturated heterocycles. The maximum absolute atomic E-state index is 12.3. The summed E-state index contributed by atoms with van der Waals surface area (Å²) < 4.78 is 0. The van der Waals surface area contributed by atoms with Gasteiger partial charge in [0.1, 0.15) is 12.8 Å². The summed E-state index contributed by atoms with van der Waals surface area (Å²) in [5.41, 5.74) is 7.55. The van der Waals surface area contributed by atoms with E-state index < -0.39 is 0 Å². The first-order chi connectivity index (χ1) is 16.7. The second-order valence-electron chi connectivity index (χ2n) is 8.54. The fourth-order valence-corrected chi connectivity index (χ4v) is 5.74. The van der Waals surface area contributed by atoms with Crippen molar-refractivity contribution in [3.63, 3.8) is 0 Å². The van der Waals surface area contributed by atoms with Gasteiger partial charge >= 0.3 is 0 Å². The van der Waals surface area contributed by atoms with E-state index >= 15 is 0 Å². The molecule has 2 aromatic carbocycles. The van der Waals surface area contributed by atoms with Crippen LogP contribution >= 0.6 is 11.3 Å². The molecule has 5 rings (SSSR count). The molecule has 2 atom stereocenters. The van der Waals surface area contributed by atoms with E-state index in [1.165, 1.54) is 60.0 Å². The van der Waals surface area contributed by atoms with E-state index in [9.17, 15) is 4.79 Å². The molecule has 1 aromatic heterocycles. The van der Waals surface area contributed by atoms with E-state index in [-0.39, 0.29) is 17.7 Å². The zero-order valence-corrected chi connectivity index (χ0v) is 20.1. The highest BCUT2D eigenvalue weighted by molar-refractivity contribution is 7.13. The Labute approximate surface area is 203 Å². The first-order valence-corrected chi connectivity index (χ1v) is 12.4. The van der Waals surface area contributed by atoms with E-state index in [1.54, 1.807) is 7.05 Å². The van der Waals surface area contributed by atoms with Crippen LogP contribution in [-0.4, -0.2) is 31.5 Å². The van der Waals surface area contributed by atoms with Crippen LogP contribution in [0.4, 0.5) is 0 Å². The monoisotopic (exact) mass is 473 g/mol. The predicted molar refractivity (Wildman–Crippen MR) is 135 cm³/mol. The van der Waals surface area contributed by atoms with Gasteiger partial charge in [0.2, 0.25) is 0 Å². The fourth-order valence-electron chi connectivity index (χ4n) is 4.83. The summed E-state index contributed by atoms with van der Waals surface area (Å²) in [5.74, 6) is 0.163. The van der Waals surface area contributed by atoms with Gasteiger partial charge in [-0.05, 0) is 53.0 Å². The van der Waals surface area contributed by atoms with Crippen LogP contribution in [0.2, 0.25) is 0 Å². The van der Waals surface area contributed by atoms with E-state index in [0.717, 1.165) is 16.2 Å². The molecule has 174 valence electrons. The summed E-state index contributed by atoms with van der Waals surface area (Å²) in [4.78, 5) is 23.5. The van der Waals surface area contributed by atoms with Gasteiger partial charge in [-0.1, -0.05) is 58.8 Å². The molecule has 2 aliphatic rings. The zero-order chi connectivity index (χ0) is 23.5. The number of nitrogens with zero attached hydrogens (tertiary/aromatic N) is 2. The van der Waals surface area contributed by atoms with Crippen LogP contribution in [0.25, 0.3) is 0 Å². The molecule has 1 amide bonds. The third kappa shape index (κ3) is 4.23. The second kappa shape index (κ2) is 9.81. The average molecular weight is 474 g/mol. The van der Waals surface area contributed by atoms with Crippen molar-refractivity contribution < 1.29 is 14.5 Å². The van der Waals surface area contributed by atoms with Gasteiger partial charge in [0.05, 0.1) is 4.88 Å². The third-order valence-electron chi connectivity index (χ3n) is 6.53. The van der Waals surface area contributed by atoms with Gasteiger partial charge in [-0.3, -0.25) is 4.79 Å². The van der Waals surface area contributed by atoms with E-state index in [4.69, 9.17) is 9.68 Å². The molecule has 3 aromatic rings. The Kier molecular flexibility index (Phi) is 6.45. The van der Waals surface area contributed by atoms with Gasteiger partial charge in [0.25, 0.3) is 5.91 Å². The number of amides is 1. The van der Waals surface area contributed by atoms with Gasteiger partial charge < -0.3 is 15.0 Å². The summed E-state index contributed by atoms with van der Waals surface area (Å²) in [6.45, 7) is 0. The minimum absolute atomic E-state index is 0.238. The number of likely N-dealkylation sites (N-methyl/N-ethyl adjacent to an activating group) is 1. The normalized spacial score (nSPS) is 19.4. The first-order valence-electron chi connectivity index (χ1n) is 11.5. The first kappa shape index (κ1) is 22.3. The van der Waals surface area contributed by atoms with Crippen molar-refractivity contribution in [1.82, 2.24) is 5.32 Å². The third-order valence-corrected chi connectivity index (χ3v) is 7.47. The van der Waals surface area contributed by atoms with E-state index in [1.807, 2.05) is 11.4 Å². The lowest BCUT2D eigenvalue weighted by molar-refractivity contribution is -0.114. The number of fused-ring (bicyclic) bond motifs is 1. The SMILES string of the molecule is CNC(=O)C(=NOC)c1sccc1C1ON=C1Cc1ccc(C2CCCc3ccccc32)cc1. The summed E-state index contributed by atoms with van der Waals surface area (Å²) in [6.07, 6.45) is 3.99. The van der Waals surface area contributed by atoms with Crippen LogP contribution in [0.1, 0.15) is 57.6 Å². The van der Waals surface area contributed by atoms with Crippen molar-refractivity contribution in [3.8, 4) is 0 Å². The number of thiophene rings is 1. The summed E-state index contributed by atoms with van der Waals surface area (Å²) in [5, 5.41) is 12.7. The topological polar surface area (TPSA) is 72.3 Å². The number of aryl methyl sites for hydroxylation is 1. The van der Waals surface area contributed by atoms with Crippen molar-refractivity contribution in [3.05, 3.63) is 92.7 Å². The minimum atomic E-state index is -0.303. The van der Waals surface area contributed by atoms with Crippen LogP contribution in [0.15, 0.2) is 70.3 Å². The standard InChI is InChI=1S/C27H27N3O3S/c1-28-27(31)24(30-32-2)26-22(14-15-34-26)25-23(29-33-25)16-17-10-12-19(13-11-17)21-9-5-7-18-6-3-4-8-20(18)21/h3-4,6,8,10-15,21,25H,5,7,9,16H2,1-2H3,(H,28,31). The van der Waals surface area contributed by atoms with Crippen molar-refractivity contribution in [1.29, 1.82) is 0 Å². The molecule has 0 spiro atoms. The molecule has 0 radical (unpaired) electrons. The number of carbonyl (C=O) groups excluding carboxylic acids is 1. The highest BCUT2D eigenvalue weighted by atomic mass is 32.1. The highest BCUT2D eigenvalue weighted by Crippen LogP contribution is 2.37. The van der Waals surface area contributed by atoms with Gasteiger partial charge in [0.15, 0.2) is 11.8 Å². The number of carbonyl (C=O) groups is 1. The van der Waals surface area contributed by atoms with Crippen molar-refractivity contribution in [2.24, 2.45) is 10.3 Å². The molecule has 2 heterocycles. The number of hydrogen-bond donors (Lipinski definition) is 1. The smallest absolute Gasteiger partial charge is 0.274 e. The van der Waals surface area contributed by atoms with E-state index in [2.05, 4.69) is 64.2 Å². The zero-order valence-electron chi connectivity index (χ0n) is 19.3. The molecule has 2 unspecified atom stereocenters. The maximum atomic E-state index is 12.3. The van der Waals surface area contributed by atoms with Gasteiger partial charge in [-0.15, -0.1) is 11.3 Å². The molecular formula is C27H27N3O3S. The Morgan fingerprint density at radius 1 is 1.18 bits per heavy atom. The molecule has 6 nitrogen and oxygen atoms in total. The Bertz CT molecular complexity index is 1250. The van der Waals surface area contributed by atoms with Crippen LogP contribution < -0.4 is 5.32 Å². The van der Waals surface area contributed by atoms with Crippen LogP contribution in [0.3, 0.4) is 0 Å². The lowest BCUT2D eigenvalue weighted by Gasteiger charge is -2.27. The molecule has 0 fully saturated rings. The fraction of sp³-hybridized carbons (Fsp3) is 0.296. The summed E-state index contributed by atoms with van der Waals surface area (Å²) in [6, 6.07) is 19.7. The van der Waals surface area contributed by atoms with E-state index in [0.29, 0.717) is 12.3 Å². The van der Waals surface area contributed by atoms with Gasteiger partial charge in [-0.25, -0.2) is 0 Å². The number of oxime groups is 2. The van der Waals surface area contributed by atoms with Gasteiger partial charge in [-0.2, -0.15) is 0 Å². The molecule has 34 heavy (non-hydrogen) atoms. The Hall–Kier alpha value is -3.45. The Morgan fingerprint density at radius 2 is 2.00 bits per heavy atom. The Morgan fingerprint density at radius 3 is 2.74 bits per heavy atom. The number of benzene rings is 2. The summed E-state index contributed by atoms with van der Waals surface area (Å²) in [7, 11) is 3.00. The molecule has 1 aliphatic heterocycles.